The average Bonchev–Trinajstić information content (AvgIpc) is 2.89. The zero-order valence-corrected chi connectivity index (χ0v) is 11.3. The van der Waals surface area contributed by atoms with Crippen LogP contribution in [0.1, 0.15) is 19.3 Å². The number of carbonyl (C=O) groups is 1. The first kappa shape index (κ1) is 14.7. The number of rotatable bonds is 5. The van der Waals surface area contributed by atoms with Gasteiger partial charge in [0.2, 0.25) is 5.91 Å². The number of ether oxygens (including phenoxy) is 1. The Morgan fingerprint density at radius 2 is 2.30 bits per heavy atom. The molecule has 1 aliphatic rings. The molecule has 0 saturated carbocycles. The minimum atomic E-state index is -0.831. The van der Waals surface area contributed by atoms with Crippen molar-refractivity contribution < 1.29 is 18.3 Å². The molecule has 0 radical (unpaired) electrons. The van der Waals surface area contributed by atoms with Gasteiger partial charge in [0.15, 0.2) is 11.6 Å². The molecule has 0 spiro atoms. The van der Waals surface area contributed by atoms with E-state index in [0.717, 1.165) is 38.1 Å². The van der Waals surface area contributed by atoms with E-state index in [1.807, 2.05) is 0 Å². The Labute approximate surface area is 116 Å². The Morgan fingerprint density at radius 1 is 1.50 bits per heavy atom. The number of anilines is 1. The maximum absolute atomic E-state index is 13.5. The van der Waals surface area contributed by atoms with Gasteiger partial charge in [0.05, 0.1) is 12.8 Å². The van der Waals surface area contributed by atoms with E-state index in [0.29, 0.717) is 12.3 Å². The lowest BCUT2D eigenvalue weighted by Crippen LogP contribution is -2.15. The molecule has 1 aliphatic heterocycles. The molecule has 0 aliphatic carbocycles. The van der Waals surface area contributed by atoms with Gasteiger partial charge in [-0.2, -0.15) is 0 Å². The van der Waals surface area contributed by atoms with Crippen LogP contribution in [-0.2, 0) is 4.79 Å². The topological polar surface area (TPSA) is 50.4 Å². The van der Waals surface area contributed by atoms with Crippen molar-refractivity contribution in [1.29, 1.82) is 0 Å². The van der Waals surface area contributed by atoms with Crippen molar-refractivity contribution in [3.05, 3.63) is 23.8 Å². The normalized spacial score (nSPS) is 18.1. The molecule has 6 heteroatoms. The Hall–Kier alpha value is -1.69. The van der Waals surface area contributed by atoms with Crippen LogP contribution in [0.25, 0.3) is 0 Å². The predicted molar refractivity (Wildman–Crippen MR) is 71.8 cm³/mol. The smallest absolute Gasteiger partial charge is 0.224 e. The number of methoxy groups -OCH3 is 1. The second-order valence-electron chi connectivity index (χ2n) is 4.91. The lowest BCUT2D eigenvalue weighted by Gasteiger charge is -2.12. The number of nitrogens with one attached hydrogen (secondary N) is 2. The fraction of sp³-hybridized carbons (Fsp3) is 0.500. The number of benzene rings is 1. The highest BCUT2D eigenvalue weighted by Crippen LogP contribution is 2.29. The van der Waals surface area contributed by atoms with Crippen molar-refractivity contribution >= 4 is 11.6 Å². The van der Waals surface area contributed by atoms with Gasteiger partial charge in [-0.25, -0.2) is 8.78 Å². The summed E-state index contributed by atoms with van der Waals surface area (Å²) in [6.07, 6.45) is 2.15. The Balaban J connectivity index is 1.96. The molecule has 110 valence electrons. The molecule has 0 aromatic heterocycles. The van der Waals surface area contributed by atoms with E-state index in [-0.39, 0.29) is 17.3 Å². The SMILES string of the molecule is COc1c(F)cc(F)cc1NC(=O)CCC1CCNC1. The molecule has 4 nitrogen and oxygen atoms in total. The first-order valence-corrected chi connectivity index (χ1v) is 6.63. The van der Waals surface area contributed by atoms with Crippen LogP contribution in [0, 0.1) is 17.6 Å². The van der Waals surface area contributed by atoms with Crippen LogP contribution in [0.5, 0.6) is 5.75 Å². The van der Waals surface area contributed by atoms with Gasteiger partial charge in [0.1, 0.15) is 5.82 Å². The standard InChI is InChI=1S/C14H18F2N2O2/c1-20-14-11(16)6-10(15)7-12(14)18-13(19)3-2-9-4-5-17-8-9/h6-7,9,17H,2-5,8H2,1H3,(H,18,19). The third-order valence-corrected chi connectivity index (χ3v) is 3.43. The second kappa shape index (κ2) is 6.65. The zero-order valence-electron chi connectivity index (χ0n) is 11.3. The van der Waals surface area contributed by atoms with E-state index in [2.05, 4.69) is 10.6 Å². The van der Waals surface area contributed by atoms with Gasteiger partial charge >= 0.3 is 0 Å². The van der Waals surface area contributed by atoms with Crippen molar-refractivity contribution in [2.75, 3.05) is 25.5 Å². The maximum atomic E-state index is 13.5. The number of hydrogen-bond donors (Lipinski definition) is 2. The molecule has 0 bridgehead atoms. The minimum Gasteiger partial charge on any atom is -0.492 e. The van der Waals surface area contributed by atoms with Crippen molar-refractivity contribution in [2.24, 2.45) is 5.92 Å². The van der Waals surface area contributed by atoms with Crippen LogP contribution in [-0.4, -0.2) is 26.1 Å². The van der Waals surface area contributed by atoms with Gasteiger partial charge in [0, 0.05) is 18.6 Å². The van der Waals surface area contributed by atoms with Gasteiger partial charge in [-0.1, -0.05) is 0 Å². The minimum absolute atomic E-state index is 0.0274. The lowest BCUT2D eigenvalue weighted by molar-refractivity contribution is -0.116. The fourth-order valence-corrected chi connectivity index (χ4v) is 2.37. The molecular weight excluding hydrogens is 266 g/mol. The summed E-state index contributed by atoms with van der Waals surface area (Å²) in [6, 6.07) is 1.77. The summed E-state index contributed by atoms with van der Waals surface area (Å²) in [4.78, 5) is 11.8. The summed E-state index contributed by atoms with van der Waals surface area (Å²) in [6.45, 7) is 1.90. The van der Waals surface area contributed by atoms with E-state index in [9.17, 15) is 13.6 Å². The Bertz CT molecular complexity index is 488. The molecule has 2 N–H and O–H groups in total. The molecule has 1 unspecified atom stereocenters. The highest BCUT2D eigenvalue weighted by molar-refractivity contribution is 5.92. The molecular formula is C14H18F2N2O2. The molecule has 1 amide bonds. The Morgan fingerprint density at radius 3 is 2.95 bits per heavy atom. The monoisotopic (exact) mass is 284 g/mol. The average molecular weight is 284 g/mol. The molecule has 1 heterocycles. The molecule has 1 saturated heterocycles. The molecule has 1 atom stereocenters. The van der Waals surface area contributed by atoms with Gasteiger partial charge in [-0.15, -0.1) is 0 Å². The first-order valence-electron chi connectivity index (χ1n) is 6.63. The number of halogens is 2. The van der Waals surface area contributed by atoms with E-state index in [4.69, 9.17) is 4.74 Å². The molecule has 20 heavy (non-hydrogen) atoms. The maximum Gasteiger partial charge on any atom is 0.224 e. The third kappa shape index (κ3) is 3.66. The van der Waals surface area contributed by atoms with Crippen LogP contribution in [0.2, 0.25) is 0 Å². The number of carbonyl (C=O) groups excluding carboxylic acids is 1. The van der Waals surface area contributed by atoms with Crippen molar-refractivity contribution in [2.45, 2.75) is 19.3 Å². The fourth-order valence-electron chi connectivity index (χ4n) is 2.37. The Kier molecular flexibility index (Phi) is 4.89. The summed E-state index contributed by atoms with van der Waals surface area (Å²) in [5.41, 5.74) is 0.0274. The quantitative estimate of drug-likeness (QED) is 0.872. The van der Waals surface area contributed by atoms with Gasteiger partial charge < -0.3 is 15.4 Å². The van der Waals surface area contributed by atoms with Crippen LogP contribution >= 0.6 is 0 Å². The van der Waals surface area contributed by atoms with Crippen molar-refractivity contribution in [1.82, 2.24) is 5.32 Å². The highest BCUT2D eigenvalue weighted by Gasteiger charge is 2.17. The van der Waals surface area contributed by atoms with Gasteiger partial charge in [0.25, 0.3) is 0 Å². The molecule has 1 aromatic carbocycles. The molecule has 1 fully saturated rings. The van der Waals surface area contributed by atoms with Crippen LogP contribution < -0.4 is 15.4 Å². The van der Waals surface area contributed by atoms with E-state index >= 15 is 0 Å². The first-order chi connectivity index (χ1) is 9.60. The summed E-state index contributed by atoms with van der Waals surface area (Å²) < 4.78 is 31.5. The summed E-state index contributed by atoms with van der Waals surface area (Å²) in [5, 5.41) is 5.73. The highest BCUT2D eigenvalue weighted by atomic mass is 19.1. The largest absolute Gasteiger partial charge is 0.492 e. The molecule has 1 aromatic rings. The third-order valence-electron chi connectivity index (χ3n) is 3.43. The van der Waals surface area contributed by atoms with Crippen LogP contribution in [0.15, 0.2) is 12.1 Å². The van der Waals surface area contributed by atoms with Gasteiger partial charge in [-0.3, -0.25) is 4.79 Å². The number of amides is 1. The predicted octanol–water partition coefficient (Wildman–Crippen LogP) is 2.30. The van der Waals surface area contributed by atoms with Crippen LogP contribution in [0.3, 0.4) is 0 Å². The van der Waals surface area contributed by atoms with Gasteiger partial charge in [-0.05, 0) is 31.8 Å². The molecule has 2 rings (SSSR count). The second-order valence-corrected chi connectivity index (χ2v) is 4.91. The lowest BCUT2D eigenvalue weighted by atomic mass is 10.0. The van der Waals surface area contributed by atoms with E-state index in [1.54, 1.807) is 0 Å². The van der Waals surface area contributed by atoms with E-state index in [1.165, 1.54) is 7.11 Å². The summed E-state index contributed by atoms with van der Waals surface area (Å²) >= 11 is 0. The van der Waals surface area contributed by atoms with Crippen molar-refractivity contribution in [3.63, 3.8) is 0 Å². The summed E-state index contributed by atoms with van der Waals surface area (Å²) in [5.74, 6) is -1.50. The zero-order chi connectivity index (χ0) is 14.5. The number of hydrogen-bond acceptors (Lipinski definition) is 3. The van der Waals surface area contributed by atoms with Crippen molar-refractivity contribution in [3.8, 4) is 5.75 Å². The summed E-state index contributed by atoms with van der Waals surface area (Å²) in [7, 11) is 1.27. The van der Waals surface area contributed by atoms with Crippen LogP contribution in [0.4, 0.5) is 14.5 Å². The van der Waals surface area contributed by atoms with E-state index < -0.39 is 11.6 Å².